The van der Waals surface area contributed by atoms with E-state index in [2.05, 4.69) is 32.9 Å². The Kier molecular flexibility index (Phi) is 6.32. The smallest absolute Gasteiger partial charge is 0.125 e. The molecule has 0 bridgehead atoms. The Morgan fingerprint density at radius 3 is 2.53 bits per heavy atom. The molecule has 0 aliphatic carbocycles. The van der Waals surface area contributed by atoms with Gasteiger partial charge in [0.2, 0.25) is 0 Å². The van der Waals surface area contributed by atoms with Crippen molar-refractivity contribution in [3.05, 3.63) is 28.8 Å². The Hall–Kier alpha value is -1.06. The minimum atomic E-state index is 0.145. The number of rotatable bonds is 7. The SMILES string of the molecule is CCOc1c(C)cc(C)cc1CC(C)C(CN)CO. The van der Waals surface area contributed by atoms with Crippen molar-refractivity contribution < 1.29 is 9.84 Å². The highest BCUT2D eigenvalue weighted by Crippen LogP contribution is 2.29. The second-order valence-corrected chi connectivity index (χ2v) is 5.36. The van der Waals surface area contributed by atoms with Crippen LogP contribution in [0.15, 0.2) is 12.1 Å². The fourth-order valence-electron chi connectivity index (χ4n) is 2.55. The highest BCUT2D eigenvalue weighted by molar-refractivity contribution is 5.44. The molecule has 2 atom stereocenters. The van der Waals surface area contributed by atoms with E-state index in [-0.39, 0.29) is 12.5 Å². The number of aryl methyl sites for hydroxylation is 2. The van der Waals surface area contributed by atoms with E-state index in [1.165, 1.54) is 16.7 Å². The molecule has 0 saturated heterocycles. The molecule has 0 aromatic heterocycles. The Bertz CT molecular complexity index is 400. The first-order valence-electron chi connectivity index (χ1n) is 7.07. The number of aliphatic hydroxyl groups is 1. The molecule has 3 nitrogen and oxygen atoms in total. The van der Waals surface area contributed by atoms with Gasteiger partial charge in [0.05, 0.1) is 6.61 Å². The predicted molar refractivity (Wildman–Crippen MR) is 79.6 cm³/mol. The molecule has 1 rings (SSSR count). The molecule has 19 heavy (non-hydrogen) atoms. The highest BCUT2D eigenvalue weighted by Gasteiger charge is 2.18. The summed E-state index contributed by atoms with van der Waals surface area (Å²) >= 11 is 0. The summed E-state index contributed by atoms with van der Waals surface area (Å²) in [7, 11) is 0. The maximum Gasteiger partial charge on any atom is 0.125 e. The van der Waals surface area contributed by atoms with Crippen molar-refractivity contribution in [1.29, 1.82) is 0 Å². The standard InChI is InChI=1S/C16H27NO2/c1-5-19-16-13(4)6-11(2)7-14(16)8-12(3)15(9-17)10-18/h6-7,12,15,18H,5,8-10,17H2,1-4H3. The number of hydrogen-bond donors (Lipinski definition) is 2. The Labute approximate surface area is 116 Å². The summed E-state index contributed by atoms with van der Waals surface area (Å²) in [6, 6.07) is 4.32. The number of ether oxygens (including phenoxy) is 1. The van der Waals surface area contributed by atoms with E-state index >= 15 is 0 Å². The molecule has 0 heterocycles. The number of nitrogens with two attached hydrogens (primary N) is 1. The summed E-state index contributed by atoms with van der Waals surface area (Å²) in [5, 5.41) is 9.35. The average Bonchev–Trinajstić information content (AvgIpc) is 2.35. The van der Waals surface area contributed by atoms with Gasteiger partial charge in [-0.15, -0.1) is 0 Å². The van der Waals surface area contributed by atoms with E-state index in [0.717, 1.165) is 12.2 Å². The van der Waals surface area contributed by atoms with Crippen LogP contribution in [-0.4, -0.2) is 24.9 Å². The summed E-state index contributed by atoms with van der Waals surface area (Å²) < 4.78 is 5.78. The third-order valence-electron chi connectivity index (χ3n) is 3.67. The second kappa shape index (κ2) is 7.51. The van der Waals surface area contributed by atoms with Crippen LogP contribution in [0.2, 0.25) is 0 Å². The number of hydrogen-bond acceptors (Lipinski definition) is 3. The zero-order chi connectivity index (χ0) is 14.4. The molecule has 0 fully saturated rings. The van der Waals surface area contributed by atoms with Gasteiger partial charge >= 0.3 is 0 Å². The van der Waals surface area contributed by atoms with Gasteiger partial charge < -0.3 is 15.6 Å². The topological polar surface area (TPSA) is 55.5 Å². The van der Waals surface area contributed by atoms with Crippen LogP contribution in [-0.2, 0) is 6.42 Å². The van der Waals surface area contributed by atoms with Crippen LogP contribution < -0.4 is 10.5 Å². The lowest BCUT2D eigenvalue weighted by Gasteiger charge is -2.22. The molecule has 0 amide bonds. The van der Waals surface area contributed by atoms with Gasteiger partial charge in [-0.3, -0.25) is 0 Å². The summed E-state index contributed by atoms with van der Waals surface area (Å²) in [6.07, 6.45) is 0.889. The minimum Gasteiger partial charge on any atom is -0.493 e. The Morgan fingerprint density at radius 1 is 1.32 bits per heavy atom. The zero-order valence-electron chi connectivity index (χ0n) is 12.6. The molecular formula is C16H27NO2. The molecule has 2 unspecified atom stereocenters. The molecule has 0 aliphatic heterocycles. The molecule has 0 saturated carbocycles. The first kappa shape index (κ1) is 16.0. The number of benzene rings is 1. The summed E-state index contributed by atoms with van der Waals surface area (Å²) in [6.45, 7) is 9.66. The molecular weight excluding hydrogens is 238 g/mol. The maximum atomic E-state index is 9.35. The van der Waals surface area contributed by atoms with Gasteiger partial charge in [-0.25, -0.2) is 0 Å². The van der Waals surface area contributed by atoms with Crippen molar-refractivity contribution in [2.24, 2.45) is 17.6 Å². The lowest BCUT2D eigenvalue weighted by atomic mass is 9.87. The van der Waals surface area contributed by atoms with Crippen molar-refractivity contribution >= 4 is 0 Å². The average molecular weight is 265 g/mol. The lowest BCUT2D eigenvalue weighted by molar-refractivity contribution is 0.186. The Balaban J connectivity index is 2.98. The maximum absolute atomic E-state index is 9.35. The van der Waals surface area contributed by atoms with Crippen LogP contribution in [0.1, 0.15) is 30.5 Å². The second-order valence-electron chi connectivity index (χ2n) is 5.36. The third kappa shape index (κ3) is 4.22. The first-order chi connectivity index (χ1) is 9.03. The molecule has 0 spiro atoms. The van der Waals surface area contributed by atoms with Gasteiger partial charge in [-0.05, 0) is 56.7 Å². The van der Waals surface area contributed by atoms with Crippen LogP contribution >= 0.6 is 0 Å². The molecule has 3 heteroatoms. The van der Waals surface area contributed by atoms with E-state index in [9.17, 15) is 5.11 Å². The van der Waals surface area contributed by atoms with Gasteiger partial charge in [-0.2, -0.15) is 0 Å². The van der Waals surface area contributed by atoms with E-state index in [1.54, 1.807) is 0 Å². The monoisotopic (exact) mass is 265 g/mol. The van der Waals surface area contributed by atoms with E-state index < -0.39 is 0 Å². The fourth-order valence-corrected chi connectivity index (χ4v) is 2.55. The van der Waals surface area contributed by atoms with Crippen molar-refractivity contribution in [3.8, 4) is 5.75 Å². The third-order valence-corrected chi connectivity index (χ3v) is 3.67. The van der Waals surface area contributed by atoms with Gasteiger partial charge in [-0.1, -0.05) is 24.6 Å². The van der Waals surface area contributed by atoms with Crippen molar-refractivity contribution in [1.82, 2.24) is 0 Å². The molecule has 108 valence electrons. The van der Waals surface area contributed by atoms with E-state index in [4.69, 9.17) is 10.5 Å². The first-order valence-corrected chi connectivity index (χ1v) is 7.07. The van der Waals surface area contributed by atoms with Crippen molar-refractivity contribution in [2.45, 2.75) is 34.1 Å². The van der Waals surface area contributed by atoms with Crippen molar-refractivity contribution in [2.75, 3.05) is 19.8 Å². The predicted octanol–water partition coefficient (Wildman–Crippen LogP) is 2.45. The summed E-state index contributed by atoms with van der Waals surface area (Å²) in [5.41, 5.74) is 9.35. The molecule has 0 aliphatic rings. The quantitative estimate of drug-likeness (QED) is 0.796. The highest BCUT2D eigenvalue weighted by atomic mass is 16.5. The molecule has 0 radical (unpaired) electrons. The van der Waals surface area contributed by atoms with Crippen molar-refractivity contribution in [3.63, 3.8) is 0 Å². The van der Waals surface area contributed by atoms with Gasteiger partial charge in [0.15, 0.2) is 0 Å². The van der Waals surface area contributed by atoms with Gasteiger partial charge in [0, 0.05) is 6.61 Å². The van der Waals surface area contributed by atoms with Crippen LogP contribution in [0, 0.1) is 25.7 Å². The largest absolute Gasteiger partial charge is 0.493 e. The van der Waals surface area contributed by atoms with Crippen LogP contribution in [0.3, 0.4) is 0 Å². The molecule has 3 N–H and O–H groups in total. The number of aliphatic hydroxyl groups excluding tert-OH is 1. The molecule has 1 aromatic rings. The summed E-state index contributed by atoms with van der Waals surface area (Å²) in [4.78, 5) is 0. The van der Waals surface area contributed by atoms with Gasteiger partial charge in [0.1, 0.15) is 5.75 Å². The van der Waals surface area contributed by atoms with E-state index in [0.29, 0.717) is 19.1 Å². The van der Waals surface area contributed by atoms with Gasteiger partial charge in [0.25, 0.3) is 0 Å². The summed E-state index contributed by atoms with van der Waals surface area (Å²) in [5.74, 6) is 1.49. The normalized spacial score (nSPS) is 14.2. The minimum absolute atomic E-state index is 0.145. The Morgan fingerprint density at radius 2 is 2.00 bits per heavy atom. The van der Waals surface area contributed by atoms with E-state index in [1.807, 2.05) is 6.92 Å². The molecule has 1 aromatic carbocycles. The van der Waals surface area contributed by atoms with Crippen LogP contribution in [0.5, 0.6) is 5.75 Å². The fraction of sp³-hybridized carbons (Fsp3) is 0.625. The van der Waals surface area contributed by atoms with Crippen LogP contribution in [0.4, 0.5) is 0 Å². The lowest BCUT2D eigenvalue weighted by Crippen LogP contribution is -2.26. The van der Waals surface area contributed by atoms with Crippen LogP contribution in [0.25, 0.3) is 0 Å². The zero-order valence-corrected chi connectivity index (χ0v) is 12.6.